The van der Waals surface area contributed by atoms with E-state index in [9.17, 15) is 0 Å². The molecule has 0 fully saturated rings. The van der Waals surface area contributed by atoms with E-state index in [2.05, 4.69) is 63.1 Å². The molecule has 1 rings (SSSR count). The second kappa shape index (κ2) is 12.8. The highest BCUT2D eigenvalue weighted by molar-refractivity contribution is 5.34. The number of nitrogens with zero attached hydrogens (tertiary/aromatic N) is 5. The highest BCUT2D eigenvalue weighted by atomic mass is 15.2. The highest BCUT2D eigenvalue weighted by Gasteiger charge is 2.05. The molecule has 0 aliphatic rings. The predicted octanol–water partition coefficient (Wildman–Crippen LogP) is 2.47. The summed E-state index contributed by atoms with van der Waals surface area (Å²) in [5.41, 5.74) is 0. The second-order valence-corrected chi connectivity index (χ2v) is 6.14. The third-order valence-corrected chi connectivity index (χ3v) is 4.40. The van der Waals surface area contributed by atoms with Crippen LogP contribution in [0.3, 0.4) is 0 Å². The van der Waals surface area contributed by atoms with E-state index in [-0.39, 0.29) is 0 Å². The number of hydrogen-bond donors (Lipinski definition) is 2. The summed E-state index contributed by atoms with van der Waals surface area (Å²) >= 11 is 0. The maximum absolute atomic E-state index is 4.48. The van der Waals surface area contributed by atoms with E-state index < -0.39 is 0 Å². The van der Waals surface area contributed by atoms with Crippen LogP contribution < -0.4 is 10.6 Å². The molecule has 7 nitrogen and oxygen atoms in total. The van der Waals surface area contributed by atoms with Crippen molar-refractivity contribution in [1.29, 1.82) is 0 Å². The Morgan fingerprint density at radius 2 is 1.08 bits per heavy atom. The molecule has 0 spiro atoms. The second-order valence-electron chi connectivity index (χ2n) is 6.14. The normalized spacial score (nSPS) is 11.3. The molecule has 144 valence electrons. The van der Waals surface area contributed by atoms with Gasteiger partial charge in [0, 0.05) is 13.1 Å². The molecule has 0 aromatic carbocycles. The van der Waals surface area contributed by atoms with Gasteiger partial charge < -0.3 is 20.4 Å². The van der Waals surface area contributed by atoms with Crippen molar-refractivity contribution < 1.29 is 0 Å². The van der Waals surface area contributed by atoms with Gasteiger partial charge in [-0.15, -0.1) is 0 Å². The maximum Gasteiger partial charge on any atom is 0.227 e. The van der Waals surface area contributed by atoms with Crippen molar-refractivity contribution in [2.45, 2.75) is 47.5 Å². The predicted molar refractivity (Wildman–Crippen MR) is 106 cm³/mol. The van der Waals surface area contributed by atoms with Crippen molar-refractivity contribution in [3.8, 4) is 0 Å². The van der Waals surface area contributed by atoms with Crippen molar-refractivity contribution in [2.24, 2.45) is 0 Å². The van der Waals surface area contributed by atoms with Gasteiger partial charge >= 0.3 is 0 Å². The molecular formula is C18H37N7. The Bertz CT molecular complexity index is 420. The van der Waals surface area contributed by atoms with E-state index in [1.807, 2.05) is 6.92 Å². The molecule has 2 N–H and O–H groups in total. The van der Waals surface area contributed by atoms with E-state index >= 15 is 0 Å². The maximum atomic E-state index is 4.48. The van der Waals surface area contributed by atoms with E-state index in [0.29, 0.717) is 11.9 Å². The van der Waals surface area contributed by atoms with Crippen LogP contribution in [0.25, 0.3) is 0 Å². The minimum absolute atomic E-state index is 0.665. The van der Waals surface area contributed by atoms with E-state index in [4.69, 9.17) is 0 Å². The lowest BCUT2D eigenvalue weighted by Gasteiger charge is -2.18. The van der Waals surface area contributed by atoms with Gasteiger partial charge in [-0.25, -0.2) is 0 Å². The minimum Gasteiger partial charge on any atom is -0.354 e. The molecule has 0 saturated heterocycles. The smallest absolute Gasteiger partial charge is 0.227 e. The van der Waals surface area contributed by atoms with Gasteiger partial charge in [0.05, 0.1) is 0 Å². The average molecular weight is 352 g/mol. The summed E-state index contributed by atoms with van der Waals surface area (Å²) in [6.07, 6.45) is 2.16. The largest absolute Gasteiger partial charge is 0.354 e. The zero-order chi connectivity index (χ0) is 18.5. The van der Waals surface area contributed by atoms with Crippen LogP contribution in [0.15, 0.2) is 0 Å². The summed E-state index contributed by atoms with van der Waals surface area (Å²) in [6, 6.07) is 0. The summed E-state index contributed by atoms with van der Waals surface area (Å²) in [4.78, 5) is 18.1. The quantitative estimate of drug-likeness (QED) is 0.499. The fraction of sp³-hybridized carbons (Fsp3) is 0.833. The summed E-state index contributed by atoms with van der Waals surface area (Å²) < 4.78 is 0. The monoisotopic (exact) mass is 351 g/mol. The molecule has 0 bridgehead atoms. The Labute approximate surface area is 153 Å². The third kappa shape index (κ3) is 8.97. The minimum atomic E-state index is 0.665. The lowest BCUT2D eigenvalue weighted by molar-refractivity contribution is 0.303. The molecule has 1 aromatic rings. The third-order valence-electron chi connectivity index (χ3n) is 4.40. The van der Waals surface area contributed by atoms with Crippen molar-refractivity contribution in [2.75, 3.05) is 63.0 Å². The molecular weight excluding hydrogens is 314 g/mol. The zero-order valence-electron chi connectivity index (χ0n) is 16.8. The number of hydrogen-bond acceptors (Lipinski definition) is 7. The van der Waals surface area contributed by atoms with Crippen LogP contribution in [0.1, 0.15) is 46.4 Å². The molecule has 1 heterocycles. The summed E-state index contributed by atoms with van der Waals surface area (Å²) in [6.45, 7) is 19.1. The Kier molecular flexibility index (Phi) is 11.1. The lowest BCUT2D eigenvalue weighted by atomic mass is 10.3. The van der Waals surface area contributed by atoms with Gasteiger partial charge in [0.25, 0.3) is 0 Å². The number of rotatable bonds is 14. The Hall–Kier alpha value is -1.47. The molecule has 0 atom stereocenters. The van der Waals surface area contributed by atoms with E-state index in [0.717, 1.165) is 71.0 Å². The number of nitrogens with one attached hydrogen (secondary N) is 2. The molecule has 0 amide bonds. The van der Waals surface area contributed by atoms with Gasteiger partial charge in [0.2, 0.25) is 11.9 Å². The van der Waals surface area contributed by atoms with E-state index in [1.54, 1.807) is 0 Å². The van der Waals surface area contributed by atoms with Crippen LogP contribution in [-0.2, 0) is 0 Å². The molecule has 0 aliphatic carbocycles. The first kappa shape index (κ1) is 21.6. The van der Waals surface area contributed by atoms with Crippen molar-refractivity contribution in [3.05, 3.63) is 5.82 Å². The van der Waals surface area contributed by atoms with Crippen LogP contribution in [0, 0.1) is 6.92 Å². The van der Waals surface area contributed by atoms with Crippen LogP contribution in [0.5, 0.6) is 0 Å². The van der Waals surface area contributed by atoms with Crippen LogP contribution >= 0.6 is 0 Å². The molecule has 0 saturated carbocycles. The van der Waals surface area contributed by atoms with E-state index in [1.165, 1.54) is 0 Å². The molecule has 7 heteroatoms. The highest BCUT2D eigenvalue weighted by Crippen LogP contribution is 2.05. The van der Waals surface area contributed by atoms with Gasteiger partial charge in [0.15, 0.2) is 0 Å². The van der Waals surface area contributed by atoms with Crippen molar-refractivity contribution in [3.63, 3.8) is 0 Å². The lowest BCUT2D eigenvalue weighted by Crippen LogP contribution is -2.26. The van der Waals surface area contributed by atoms with Gasteiger partial charge in [-0.1, -0.05) is 27.7 Å². The fourth-order valence-corrected chi connectivity index (χ4v) is 2.73. The Balaban J connectivity index is 2.37. The molecule has 0 aliphatic heterocycles. The van der Waals surface area contributed by atoms with Crippen LogP contribution in [0.4, 0.5) is 11.9 Å². The number of aryl methyl sites for hydroxylation is 1. The fourth-order valence-electron chi connectivity index (χ4n) is 2.73. The number of aromatic nitrogens is 3. The Morgan fingerprint density at radius 1 is 0.680 bits per heavy atom. The first-order valence-electron chi connectivity index (χ1n) is 9.77. The zero-order valence-corrected chi connectivity index (χ0v) is 16.8. The van der Waals surface area contributed by atoms with Gasteiger partial charge in [-0.2, -0.15) is 15.0 Å². The summed E-state index contributed by atoms with van der Waals surface area (Å²) in [5, 5.41) is 6.64. The summed E-state index contributed by atoms with van der Waals surface area (Å²) in [5.74, 6) is 2.07. The number of anilines is 2. The SMILES string of the molecule is CCN(CC)CCCNc1nc(C)nc(NCCCN(CC)CC)n1. The van der Waals surface area contributed by atoms with Gasteiger partial charge in [0.1, 0.15) is 5.82 Å². The van der Waals surface area contributed by atoms with Gasteiger partial charge in [-0.3, -0.25) is 0 Å². The molecule has 0 radical (unpaired) electrons. The average Bonchev–Trinajstić information content (AvgIpc) is 2.61. The van der Waals surface area contributed by atoms with Crippen LogP contribution in [-0.4, -0.2) is 77.1 Å². The van der Waals surface area contributed by atoms with Crippen LogP contribution in [0.2, 0.25) is 0 Å². The first-order chi connectivity index (χ1) is 12.1. The van der Waals surface area contributed by atoms with Crippen molar-refractivity contribution in [1.82, 2.24) is 24.8 Å². The standard InChI is InChI=1S/C18H37N7/c1-6-24(7-2)14-10-12-19-17-21-16(5)22-18(23-17)20-13-11-15-25(8-3)9-4/h6-15H2,1-5H3,(H2,19,20,21,22,23). The molecule has 25 heavy (non-hydrogen) atoms. The van der Waals surface area contributed by atoms with Crippen molar-refractivity contribution >= 4 is 11.9 Å². The Morgan fingerprint density at radius 3 is 1.44 bits per heavy atom. The van der Waals surface area contributed by atoms with Gasteiger partial charge in [-0.05, 0) is 59.0 Å². The summed E-state index contributed by atoms with van der Waals surface area (Å²) in [7, 11) is 0. The molecule has 0 unspecified atom stereocenters. The molecule has 1 aromatic heterocycles. The topological polar surface area (TPSA) is 69.2 Å². The first-order valence-corrected chi connectivity index (χ1v) is 9.77.